The highest BCUT2D eigenvalue weighted by molar-refractivity contribution is 5.28. The van der Waals surface area contributed by atoms with Crippen LogP contribution in [0.1, 0.15) is 31.2 Å². The van der Waals surface area contributed by atoms with Gasteiger partial charge in [-0.1, -0.05) is 36.4 Å². The fourth-order valence-corrected chi connectivity index (χ4v) is 3.33. The van der Waals surface area contributed by atoms with E-state index in [-0.39, 0.29) is 5.41 Å². The first-order chi connectivity index (χ1) is 9.33. The van der Waals surface area contributed by atoms with Gasteiger partial charge < -0.3 is 10.1 Å². The third-order valence-corrected chi connectivity index (χ3v) is 4.41. The van der Waals surface area contributed by atoms with Gasteiger partial charge in [0.05, 0.1) is 0 Å². The van der Waals surface area contributed by atoms with Gasteiger partial charge in [0.25, 0.3) is 0 Å². The minimum absolute atomic E-state index is 0.206. The molecule has 0 radical (unpaired) electrons. The van der Waals surface area contributed by atoms with Crippen LogP contribution in [0.4, 0.5) is 0 Å². The minimum atomic E-state index is 0.206. The molecule has 1 aliphatic heterocycles. The lowest BCUT2D eigenvalue weighted by Gasteiger charge is -2.44. The number of allylic oxidation sites excluding steroid dienone is 1. The number of hydrogen-bond donors (Lipinski definition) is 1. The molecule has 1 unspecified atom stereocenters. The van der Waals surface area contributed by atoms with E-state index in [4.69, 9.17) is 4.74 Å². The highest BCUT2D eigenvalue weighted by Gasteiger charge is 2.40. The highest BCUT2D eigenvalue weighted by Crippen LogP contribution is 2.39. The van der Waals surface area contributed by atoms with Crippen molar-refractivity contribution in [3.05, 3.63) is 48.6 Å². The van der Waals surface area contributed by atoms with Gasteiger partial charge in [0.2, 0.25) is 0 Å². The lowest BCUT2D eigenvalue weighted by Crippen LogP contribution is -2.50. The van der Waals surface area contributed by atoms with E-state index in [1.54, 1.807) is 0 Å². The van der Waals surface area contributed by atoms with Crippen LogP contribution in [0, 0.1) is 0 Å². The Hall–Kier alpha value is -1.12. The van der Waals surface area contributed by atoms with E-state index in [0.717, 1.165) is 38.9 Å². The number of benzene rings is 1. The van der Waals surface area contributed by atoms with Crippen molar-refractivity contribution in [1.29, 1.82) is 0 Å². The van der Waals surface area contributed by atoms with E-state index in [0.29, 0.717) is 6.04 Å². The van der Waals surface area contributed by atoms with Crippen LogP contribution >= 0.6 is 0 Å². The van der Waals surface area contributed by atoms with Gasteiger partial charge in [0.1, 0.15) is 0 Å². The lowest BCUT2D eigenvalue weighted by molar-refractivity contribution is 0.0343. The molecule has 0 spiro atoms. The maximum absolute atomic E-state index is 5.60. The average Bonchev–Trinajstić information content (AvgIpc) is 2.50. The Morgan fingerprint density at radius 3 is 2.58 bits per heavy atom. The topological polar surface area (TPSA) is 21.3 Å². The molecular formula is C17H25NO. The lowest BCUT2D eigenvalue weighted by atomic mass is 9.67. The fourth-order valence-electron chi connectivity index (χ4n) is 3.33. The highest BCUT2D eigenvalue weighted by atomic mass is 16.5. The minimum Gasteiger partial charge on any atom is -0.381 e. The molecule has 0 aliphatic carbocycles. The fraction of sp³-hybridized carbons (Fsp3) is 0.529. The van der Waals surface area contributed by atoms with Crippen LogP contribution in [0.25, 0.3) is 0 Å². The normalized spacial score (nSPS) is 19.8. The van der Waals surface area contributed by atoms with Gasteiger partial charge in [-0.05, 0) is 38.3 Å². The van der Waals surface area contributed by atoms with Gasteiger partial charge in [-0.25, -0.2) is 0 Å². The van der Waals surface area contributed by atoms with Crippen molar-refractivity contribution in [1.82, 2.24) is 5.32 Å². The van der Waals surface area contributed by atoms with Crippen LogP contribution in [0.3, 0.4) is 0 Å². The van der Waals surface area contributed by atoms with Crippen LogP contribution in [-0.2, 0) is 10.2 Å². The zero-order chi connectivity index (χ0) is 13.6. The van der Waals surface area contributed by atoms with E-state index in [9.17, 15) is 0 Å². The van der Waals surface area contributed by atoms with Gasteiger partial charge >= 0.3 is 0 Å². The van der Waals surface area contributed by atoms with Crippen molar-refractivity contribution in [3.63, 3.8) is 0 Å². The molecule has 1 saturated heterocycles. The molecule has 1 fully saturated rings. The van der Waals surface area contributed by atoms with Crippen LogP contribution in [-0.4, -0.2) is 26.3 Å². The largest absolute Gasteiger partial charge is 0.381 e. The zero-order valence-corrected chi connectivity index (χ0v) is 11.9. The molecule has 0 amide bonds. The Labute approximate surface area is 116 Å². The second-order valence-corrected chi connectivity index (χ2v) is 5.34. The van der Waals surface area contributed by atoms with Crippen molar-refractivity contribution in [2.75, 3.05) is 20.3 Å². The first kappa shape index (κ1) is 14.3. The molecule has 2 nitrogen and oxygen atoms in total. The third-order valence-electron chi connectivity index (χ3n) is 4.41. The monoisotopic (exact) mass is 259 g/mol. The summed E-state index contributed by atoms with van der Waals surface area (Å²) in [6.45, 7) is 5.58. The Balaban J connectivity index is 2.30. The molecule has 1 heterocycles. The van der Waals surface area contributed by atoms with E-state index in [1.807, 2.05) is 6.08 Å². The Morgan fingerprint density at radius 2 is 2.00 bits per heavy atom. The Morgan fingerprint density at radius 1 is 1.32 bits per heavy atom. The van der Waals surface area contributed by atoms with Gasteiger partial charge in [-0.3, -0.25) is 0 Å². The van der Waals surface area contributed by atoms with Gasteiger partial charge in [0, 0.05) is 24.7 Å². The number of hydrogen-bond acceptors (Lipinski definition) is 2. The molecule has 1 atom stereocenters. The molecule has 1 N–H and O–H groups in total. The van der Waals surface area contributed by atoms with E-state index in [1.165, 1.54) is 5.56 Å². The van der Waals surface area contributed by atoms with E-state index < -0.39 is 0 Å². The van der Waals surface area contributed by atoms with Crippen LogP contribution in [0.15, 0.2) is 43.0 Å². The summed E-state index contributed by atoms with van der Waals surface area (Å²) in [5.41, 5.74) is 1.65. The van der Waals surface area contributed by atoms with E-state index in [2.05, 4.69) is 49.3 Å². The van der Waals surface area contributed by atoms with Gasteiger partial charge in [-0.15, -0.1) is 6.58 Å². The summed E-state index contributed by atoms with van der Waals surface area (Å²) in [5, 5.41) is 3.54. The average molecular weight is 259 g/mol. The molecule has 1 aromatic carbocycles. The van der Waals surface area contributed by atoms with Crippen molar-refractivity contribution in [3.8, 4) is 0 Å². The summed E-state index contributed by atoms with van der Waals surface area (Å²) in [7, 11) is 2.08. The predicted molar refractivity (Wildman–Crippen MR) is 80.5 cm³/mol. The number of rotatable bonds is 6. The van der Waals surface area contributed by atoms with Crippen molar-refractivity contribution in [2.24, 2.45) is 0 Å². The molecular weight excluding hydrogens is 234 g/mol. The number of likely N-dealkylation sites (N-methyl/N-ethyl adjacent to an activating group) is 1. The maximum atomic E-state index is 5.60. The number of nitrogens with one attached hydrogen (secondary N) is 1. The molecule has 0 saturated carbocycles. The SMILES string of the molecule is C=CCCC(NC)C1(c2ccccc2)CCOCC1. The smallest absolute Gasteiger partial charge is 0.0475 e. The van der Waals surface area contributed by atoms with Crippen molar-refractivity contribution >= 4 is 0 Å². The predicted octanol–water partition coefficient (Wildman–Crippen LogP) is 3.29. The Bertz CT molecular complexity index is 382. The third kappa shape index (κ3) is 3.07. The summed E-state index contributed by atoms with van der Waals surface area (Å²) >= 11 is 0. The van der Waals surface area contributed by atoms with Crippen LogP contribution in [0.2, 0.25) is 0 Å². The molecule has 1 aromatic rings. The van der Waals surface area contributed by atoms with Crippen molar-refractivity contribution in [2.45, 2.75) is 37.1 Å². The molecule has 104 valence electrons. The first-order valence-electron chi connectivity index (χ1n) is 7.25. The molecule has 19 heavy (non-hydrogen) atoms. The summed E-state index contributed by atoms with van der Waals surface area (Å²) in [6.07, 6.45) is 6.40. The summed E-state index contributed by atoms with van der Waals surface area (Å²) < 4.78 is 5.60. The molecule has 0 bridgehead atoms. The van der Waals surface area contributed by atoms with Crippen LogP contribution < -0.4 is 5.32 Å². The summed E-state index contributed by atoms with van der Waals surface area (Å²) in [5.74, 6) is 0. The maximum Gasteiger partial charge on any atom is 0.0475 e. The van der Waals surface area contributed by atoms with Gasteiger partial charge in [-0.2, -0.15) is 0 Å². The Kier molecular flexibility index (Phi) is 5.17. The van der Waals surface area contributed by atoms with Crippen molar-refractivity contribution < 1.29 is 4.74 Å². The molecule has 1 aliphatic rings. The molecule has 2 heteroatoms. The second-order valence-electron chi connectivity index (χ2n) is 5.34. The summed E-state index contributed by atoms with van der Waals surface area (Å²) in [6, 6.07) is 11.4. The van der Waals surface area contributed by atoms with Crippen LogP contribution in [0.5, 0.6) is 0 Å². The number of ether oxygens (including phenoxy) is 1. The standard InChI is InChI=1S/C17H25NO/c1-3-4-10-16(18-2)17(11-13-19-14-12-17)15-8-6-5-7-9-15/h3,5-9,16,18H,1,4,10-14H2,2H3. The summed E-state index contributed by atoms with van der Waals surface area (Å²) in [4.78, 5) is 0. The molecule has 0 aromatic heterocycles. The second kappa shape index (κ2) is 6.88. The van der Waals surface area contributed by atoms with Gasteiger partial charge in [0.15, 0.2) is 0 Å². The first-order valence-corrected chi connectivity index (χ1v) is 7.25. The molecule has 2 rings (SSSR count). The van der Waals surface area contributed by atoms with E-state index >= 15 is 0 Å². The quantitative estimate of drug-likeness (QED) is 0.792. The zero-order valence-electron chi connectivity index (χ0n) is 11.9.